The van der Waals surface area contributed by atoms with Gasteiger partial charge in [0, 0.05) is 31.1 Å². The highest BCUT2D eigenvalue weighted by Gasteiger charge is 2.38. The van der Waals surface area contributed by atoms with Crippen molar-refractivity contribution in [2.24, 2.45) is 5.92 Å². The molecule has 0 spiro atoms. The van der Waals surface area contributed by atoms with Crippen molar-refractivity contribution in [3.8, 4) is 0 Å². The van der Waals surface area contributed by atoms with Crippen LogP contribution in [-0.2, 0) is 11.3 Å². The number of aliphatic carboxylic acids is 1. The van der Waals surface area contributed by atoms with E-state index in [1.807, 2.05) is 18.2 Å². The van der Waals surface area contributed by atoms with E-state index in [0.29, 0.717) is 22.4 Å². The Morgan fingerprint density at radius 3 is 2.25 bits per heavy atom. The quantitative estimate of drug-likeness (QED) is 0.552. The summed E-state index contributed by atoms with van der Waals surface area (Å²) in [5.74, 6) is -0.433. The van der Waals surface area contributed by atoms with Gasteiger partial charge in [-0.1, -0.05) is 41.4 Å². The van der Waals surface area contributed by atoms with Crippen LogP contribution >= 0.6 is 23.2 Å². The SMILES string of the molecule is Cc1cc(C2CN(c3c(Cl)cccc3Cl)C2)cc(C)c1CN1CCC(C(=O)O)CC1(C)C. The zero-order chi connectivity index (χ0) is 23.2. The molecular weight excluding hydrogens is 443 g/mol. The van der Waals surface area contributed by atoms with Gasteiger partial charge in [-0.2, -0.15) is 0 Å². The van der Waals surface area contributed by atoms with Crippen LogP contribution in [-0.4, -0.2) is 41.1 Å². The normalized spacial score (nSPS) is 21.4. The van der Waals surface area contributed by atoms with Crippen LogP contribution in [0.15, 0.2) is 30.3 Å². The molecule has 0 aliphatic carbocycles. The van der Waals surface area contributed by atoms with Gasteiger partial charge in [-0.05, 0) is 81.5 Å². The first-order valence-electron chi connectivity index (χ1n) is 11.3. The Balaban J connectivity index is 1.46. The van der Waals surface area contributed by atoms with E-state index >= 15 is 0 Å². The lowest BCUT2D eigenvalue weighted by Crippen LogP contribution is -2.50. The smallest absolute Gasteiger partial charge is 0.306 e. The van der Waals surface area contributed by atoms with Crippen LogP contribution < -0.4 is 4.90 Å². The summed E-state index contributed by atoms with van der Waals surface area (Å²) in [5.41, 5.74) is 6.16. The number of halogens is 2. The van der Waals surface area contributed by atoms with Crippen molar-refractivity contribution in [1.82, 2.24) is 4.90 Å². The standard InChI is InChI=1S/C26H32Cl2N2O2/c1-16-10-19(20-13-29(14-20)24-22(27)6-5-7-23(24)28)11-17(2)21(16)15-30-9-8-18(25(31)32)12-26(30,3)4/h5-7,10-11,18,20H,8-9,12-15H2,1-4H3,(H,31,32). The van der Waals surface area contributed by atoms with E-state index in [-0.39, 0.29) is 11.5 Å². The van der Waals surface area contributed by atoms with E-state index in [1.54, 1.807) is 0 Å². The van der Waals surface area contributed by atoms with Gasteiger partial charge in [0.25, 0.3) is 0 Å². The van der Waals surface area contributed by atoms with Gasteiger partial charge in [0.2, 0.25) is 0 Å². The summed E-state index contributed by atoms with van der Waals surface area (Å²) in [6.45, 7) is 12.3. The van der Waals surface area contributed by atoms with Crippen molar-refractivity contribution < 1.29 is 9.90 Å². The highest BCUT2D eigenvalue weighted by Crippen LogP contribution is 2.41. The third-order valence-electron chi connectivity index (χ3n) is 7.37. The summed E-state index contributed by atoms with van der Waals surface area (Å²) < 4.78 is 0. The number of anilines is 1. The van der Waals surface area contributed by atoms with Crippen LogP contribution in [0.2, 0.25) is 10.0 Å². The number of piperidine rings is 1. The van der Waals surface area contributed by atoms with E-state index in [1.165, 1.54) is 22.3 Å². The molecule has 4 rings (SSSR count). The Labute approximate surface area is 201 Å². The Morgan fingerprint density at radius 1 is 1.12 bits per heavy atom. The van der Waals surface area contributed by atoms with E-state index in [9.17, 15) is 9.90 Å². The number of rotatable bonds is 5. The molecular formula is C26H32Cl2N2O2. The third-order valence-corrected chi connectivity index (χ3v) is 7.98. The molecule has 0 bridgehead atoms. The zero-order valence-electron chi connectivity index (χ0n) is 19.3. The first-order valence-corrected chi connectivity index (χ1v) is 12.1. The number of benzene rings is 2. The van der Waals surface area contributed by atoms with Gasteiger partial charge in [0.05, 0.1) is 21.7 Å². The summed E-state index contributed by atoms with van der Waals surface area (Å²) >= 11 is 12.8. The molecule has 2 fully saturated rings. The average Bonchev–Trinajstić information content (AvgIpc) is 2.66. The predicted octanol–water partition coefficient (Wildman–Crippen LogP) is 6.29. The van der Waals surface area contributed by atoms with E-state index < -0.39 is 5.97 Å². The second kappa shape index (κ2) is 8.89. The molecule has 4 nitrogen and oxygen atoms in total. The number of hydrogen-bond acceptors (Lipinski definition) is 3. The number of carboxylic acid groups (broad SMARTS) is 1. The maximum atomic E-state index is 11.5. The number of likely N-dealkylation sites (tertiary alicyclic amines) is 1. The van der Waals surface area contributed by atoms with Crippen LogP contribution in [0.3, 0.4) is 0 Å². The lowest BCUT2D eigenvalue weighted by atomic mass is 9.81. The summed E-state index contributed by atoms with van der Waals surface area (Å²) in [7, 11) is 0. The van der Waals surface area contributed by atoms with Crippen molar-refractivity contribution in [2.45, 2.75) is 58.5 Å². The summed E-state index contributed by atoms with van der Waals surface area (Å²) in [4.78, 5) is 16.2. The number of carbonyl (C=O) groups is 1. The summed E-state index contributed by atoms with van der Waals surface area (Å²) in [5, 5.41) is 10.8. The van der Waals surface area contributed by atoms with Crippen molar-refractivity contribution in [3.05, 3.63) is 62.6 Å². The minimum Gasteiger partial charge on any atom is -0.481 e. The molecule has 6 heteroatoms. The van der Waals surface area contributed by atoms with Crippen LogP contribution in [0, 0.1) is 19.8 Å². The Hall–Kier alpha value is -1.75. The number of nitrogens with zero attached hydrogens (tertiary/aromatic N) is 2. The largest absolute Gasteiger partial charge is 0.481 e. The topological polar surface area (TPSA) is 43.8 Å². The number of carboxylic acids is 1. The Kier molecular flexibility index (Phi) is 6.50. The van der Waals surface area contributed by atoms with Crippen molar-refractivity contribution in [3.63, 3.8) is 0 Å². The minimum atomic E-state index is -0.665. The van der Waals surface area contributed by atoms with Crippen molar-refractivity contribution >= 4 is 34.9 Å². The molecule has 2 aliphatic rings. The zero-order valence-corrected chi connectivity index (χ0v) is 20.8. The van der Waals surface area contributed by atoms with E-state index in [2.05, 4.69) is 49.6 Å². The molecule has 2 saturated heterocycles. The van der Waals surface area contributed by atoms with Gasteiger partial charge in [-0.25, -0.2) is 0 Å². The molecule has 1 unspecified atom stereocenters. The summed E-state index contributed by atoms with van der Waals surface area (Å²) in [6, 6.07) is 10.3. The fraction of sp³-hybridized carbons (Fsp3) is 0.500. The maximum Gasteiger partial charge on any atom is 0.306 e. The van der Waals surface area contributed by atoms with Gasteiger partial charge in [-0.3, -0.25) is 9.69 Å². The highest BCUT2D eigenvalue weighted by atomic mass is 35.5. The molecule has 2 aromatic carbocycles. The van der Waals surface area contributed by atoms with Gasteiger partial charge in [0.1, 0.15) is 0 Å². The molecule has 32 heavy (non-hydrogen) atoms. The molecule has 2 heterocycles. The van der Waals surface area contributed by atoms with Crippen LogP contribution in [0.4, 0.5) is 5.69 Å². The predicted molar refractivity (Wildman–Crippen MR) is 132 cm³/mol. The van der Waals surface area contributed by atoms with Gasteiger partial charge in [0.15, 0.2) is 0 Å². The molecule has 1 atom stereocenters. The molecule has 2 aromatic rings. The Morgan fingerprint density at radius 2 is 1.72 bits per heavy atom. The fourth-order valence-corrected chi connectivity index (χ4v) is 5.95. The first-order chi connectivity index (χ1) is 15.1. The molecule has 2 aliphatic heterocycles. The molecule has 172 valence electrons. The van der Waals surface area contributed by atoms with Gasteiger partial charge >= 0.3 is 5.97 Å². The second-order valence-corrected chi connectivity index (χ2v) is 10.9. The average molecular weight is 475 g/mol. The molecule has 0 saturated carbocycles. The highest BCUT2D eigenvalue weighted by molar-refractivity contribution is 6.39. The molecule has 1 N–H and O–H groups in total. The molecule has 0 amide bonds. The third kappa shape index (κ3) is 4.50. The van der Waals surface area contributed by atoms with Crippen molar-refractivity contribution in [1.29, 1.82) is 0 Å². The fourth-order valence-electron chi connectivity index (χ4n) is 5.32. The lowest BCUT2D eigenvalue weighted by molar-refractivity contribution is -0.145. The number of aryl methyl sites for hydroxylation is 2. The van der Waals surface area contributed by atoms with E-state index in [0.717, 1.165) is 38.3 Å². The van der Waals surface area contributed by atoms with Crippen LogP contribution in [0.25, 0.3) is 0 Å². The van der Waals surface area contributed by atoms with Crippen molar-refractivity contribution in [2.75, 3.05) is 24.5 Å². The monoisotopic (exact) mass is 474 g/mol. The minimum absolute atomic E-state index is 0.123. The van der Waals surface area contributed by atoms with Crippen LogP contribution in [0.5, 0.6) is 0 Å². The first kappa shape index (κ1) is 23.4. The van der Waals surface area contributed by atoms with E-state index in [4.69, 9.17) is 23.2 Å². The summed E-state index contributed by atoms with van der Waals surface area (Å²) in [6.07, 6.45) is 1.42. The molecule has 0 radical (unpaired) electrons. The number of para-hydroxylation sites is 1. The Bertz CT molecular complexity index is 987. The lowest BCUT2D eigenvalue weighted by Gasteiger charge is -2.45. The van der Waals surface area contributed by atoms with Crippen LogP contribution in [0.1, 0.15) is 54.9 Å². The second-order valence-electron chi connectivity index (χ2n) is 10.1. The molecule has 0 aromatic heterocycles. The number of hydrogen-bond donors (Lipinski definition) is 1. The van der Waals surface area contributed by atoms with Gasteiger partial charge < -0.3 is 10.0 Å². The maximum absolute atomic E-state index is 11.5. The van der Waals surface area contributed by atoms with Gasteiger partial charge in [-0.15, -0.1) is 0 Å².